The fourth-order valence-corrected chi connectivity index (χ4v) is 3.92. The highest BCUT2D eigenvalue weighted by Crippen LogP contribution is 2.35. The van der Waals surface area contributed by atoms with Crippen LogP contribution < -0.4 is 14.8 Å². The van der Waals surface area contributed by atoms with Crippen molar-refractivity contribution in [3.8, 4) is 22.8 Å². The molecule has 1 N–H and O–H groups in total. The van der Waals surface area contributed by atoms with E-state index in [0.29, 0.717) is 27.4 Å². The van der Waals surface area contributed by atoms with Gasteiger partial charge >= 0.3 is 0 Å². The molecule has 3 heterocycles. The second-order valence-electron chi connectivity index (χ2n) is 6.13. The molecule has 28 heavy (non-hydrogen) atoms. The Morgan fingerprint density at radius 1 is 1.32 bits per heavy atom. The zero-order valence-electron chi connectivity index (χ0n) is 14.9. The number of hydrogen-bond acceptors (Lipinski definition) is 6. The average molecular weight is 414 g/mol. The lowest BCUT2D eigenvalue weighted by molar-refractivity contribution is 0.299. The molecule has 4 aromatic rings. The molecule has 0 amide bonds. The summed E-state index contributed by atoms with van der Waals surface area (Å²) in [7, 11) is 0. The number of rotatable bonds is 5. The molecule has 0 fully saturated rings. The third-order valence-electron chi connectivity index (χ3n) is 4.09. The number of hydrogen-bond donors (Lipinski definition) is 1. The van der Waals surface area contributed by atoms with Gasteiger partial charge in [-0.3, -0.25) is 14.2 Å². The molecule has 0 spiro atoms. The number of nitrogens with zero attached hydrogens (tertiary/aromatic N) is 3. The van der Waals surface area contributed by atoms with Gasteiger partial charge in [0.05, 0.1) is 21.9 Å². The summed E-state index contributed by atoms with van der Waals surface area (Å²) < 4.78 is 7.58. The summed E-state index contributed by atoms with van der Waals surface area (Å²) in [5.74, 6) is 0.201. The lowest BCUT2D eigenvalue weighted by Gasteiger charge is -2.09. The van der Waals surface area contributed by atoms with Crippen LogP contribution in [-0.4, -0.2) is 26.1 Å². The van der Waals surface area contributed by atoms with E-state index < -0.39 is 0 Å². The first-order chi connectivity index (χ1) is 13.6. The predicted molar refractivity (Wildman–Crippen MR) is 110 cm³/mol. The van der Waals surface area contributed by atoms with Crippen LogP contribution in [0, 0.1) is 0 Å². The number of aromatic nitrogens is 3. The minimum atomic E-state index is -0.159. The minimum Gasteiger partial charge on any atom is -0.503 e. The molecule has 0 saturated carbocycles. The first-order valence-corrected chi connectivity index (χ1v) is 9.85. The first-order valence-electron chi connectivity index (χ1n) is 8.66. The molecule has 0 radical (unpaired) electrons. The topological polar surface area (TPSA) is 76.7 Å². The highest BCUT2D eigenvalue weighted by atomic mass is 35.5. The largest absolute Gasteiger partial charge is 0.503 e. The Kier molecular flexibility index (Phi) is 5.02. The van der Waals surface area contributed by atoms with Gasteiger partial charge < -0.3 is 9.84 Å². The van der Waals surface area contributed by atoms with Crippen molar-refractivity contribution >= 4 is 34.0 Å². The summed E-state index contributed by atoms with van der Waals surface area (Å²) in [6, 6.07) is 6.96. The second-order valence-corrected chi connectivity index (χ2v) is 7.54. The van der Waals surface area contributed by atoms with Crippen LogP contribution in [0.5, 0.6) is 11.5 Å². The number of phenolic OH excluding ortho intramolecular Hbond substituents is 1. The third kappa shape index (κ3) is 3.46. The van der Waals surface area contributed by atoms with Crippen molar-refractivity contribution in [2.24, 2.45) is 0 Å². The summed E-state index contributed by atoms with van der Waals surface area (Å²) >= 11 is 7.39. The second kappa shape index (κ2) is 7.61. The lowest BCUT2D eigenvalue weighted by atomic mass is 10.2. The highest BCUT2D eigenvalue weighted by molar-refractivity contribution is 7.15. The third-order valence-corrected chi connectivity index (χ3v) is 5.36. The quantitative estimate of drug-likeness (QED) is 0.541. The molecule has 0 bridgehead atoms. The maximum absolute atomic E-state index is 12.8. The SMILES string of the molecule is CCCOc1cc(/C=c2\sc3nc(-c4ccncc4)cn3c2=O)cc(Cl)c1O. The van der Waals surface area contributed by atoms with E-state index in [4.69, 9.17) is 16.3 Å². The van der Waals surface area contributed by atoms with Crippen LogP contribution >= 0.6 is 22.9 Å². The van der Waals surface area contributed by atoms with E-state index >= 15 is 0 Å². The van der Waals surface area contributed by atoms with Gasteiger partial charge in [0, 0.05) is 24.2 Å². The summed E-state index contributed by atoms with van der Waals surface area (Å²) in [4.78, 5) is 21.9. The van der Waals surface area contributed by atoms with E-state index in [1.165, 1.54) is 15.7 Å². The van der Waals surface area contributed by atoms with Crippen molar-refractivity contribution in [2.75, 3.05) is 6.61 Å². The average Bonchev–Trinajstić information content (AvgIpc) is 3.24. The number of halogens is 1. The van der Waals surface area contributed by atoms with Gasteiger partial charge in [-0.2, -0.15) is 0 Å². The number of ether oxygens (including phenoxy) is 1. The van der Waals surface area contributed by atoms with Gasteiger partial charge in [-0.15, -0.1) is 0 Å². The lowest BCUT2D eigenvalue weighted by Crippen LogP contribution is -2.22. The molecular weight excluding hydrogens is 398 g/mol. The van der Waals surface area contributed by atoms with Crippen molar-refractivity contribution in [3.63, 3.8) is 0 Å². The molecule has 8 heteroatoms. The number of imidazole rings is 1. The molecule has 0 atom stereocenters. The molecule has 3 aromatic heterocycles. The molecule has 0 aliphatic rings. The maximum Gasteiger partial charge on any atom is 0.274 e. The Labute approximate surface area is 169 Å². The van der Waals surface area contributed by atoms with E-state index in [-0.39, 0.29) is 16.3 Å². The normalized spacial score (nSPS) is 12.0. The summed E-state index contributed by atoms with van der Waals surface area (Å²) in [5.41, 5.74) is 2.14. The van der Waals surface area contributed by atoms with Crippen LogP contribution in [-0.2, 0) is 0 Å². The Balaban J connectivity index is 1.76. The van der Waals surface area contributed by atoms with Crippen molar-refractivity contribution in [2.45, 2.75) is 13.3 Å². The fourth-order valence-electron chi connectivity index (χ4n) is 2.74. The van der Waals surface area contributed by atoms with Crippen molar-refractivity contribution in [3.05, 3.63) is 68.3 Å². The Morgan fingerprint density at radius 3 is 2.82 bits per heavy atom. The van der Waals surface area contributed by atoms with Crippen LogP contribution in [0.15, 0.2) is 47.7 Å². The Morgan fingerprint density at radius 2 is 2.11 bits per heavy atom. The molecule has 142 valence electrons. The Bertz CT molecular complexity index is 1250. The highest BCUT2D eigenvalue weighted by Gasteiger charge is 2.12. The van der Waals surface area contributed by atoms with Gasteiger partial charge in [0.25, 0.3) is 5.56 Å². The monoisotopic (exact) mass is 413 g/mol. The molecule has 0 saturated heterocycles. The maximum atomic E-state index is 12.8. The van der Waals surface area contributed by atoms with E-state index in [9.17, 15) is 9.90 Å². The van der Waals surface area contributed by atoms with Crippen molar-refractivity contribution in [1.29, 1.82) is 0 Å². The van der Waals surface area contributed by atoms with Crippen molar-refractivity contribution < 1.29 is 9.84 Å². The molecular formula is C20H16ClN3O3S. The standard InChI is InChI=1S/C20H16ClN3O3S/c1-2-7-27-16-9-12(8-14(21)18(16)25)10-17-19(26)24-11-15(23-20(24)28-17)13-3-5-22-6-4-13/h3-6,8-11,25H,2,7H2,1H3/b17-10-. The van der Waals surface area contributed by atoms with E-state index in [0.717, 1.165) is 17.7 Å². The smallest absolute Gasteiger partial charge is 0.274 e. The molecule has 1 aromatic carbocycles. The van der Waals surface area contributed by atoms with Gasteiger partial charge in [-0.05, 0) is 42.3 Å². The predicted octanol–water partition coefficient (Wildman–Crippen LogP) is 3.51. The molecule has 4 rings (SSSR count). The zero-order chi connectivity index (χ0) is 19.7. The molecule has 0 aliphatic carbocycles. The molecule has 0 aliphatic heterocycles. The number of aromatic hydroxyl groups is 1. The van der Waals surface area contributed by atoms with Crippen molar-refractivity contribution in [1.82, 2.24) is 14.4 Å². The molecule has 6 nitrogen and oxygen atoms in total. The zero-order valence-corrected chi connectivity index (χ0v) is 16.5. The number of fused-ring (bicyclic) bond motifs is 1. The summed E-state index contributed by atoms with van der Waals surface area (Å²) in [6.07, 6.45) is 7.62. The number of benzene rings is 1. The Hall–Kier alpha value is -2.90. The van der Waals surface area contributed by atoms with Crippen LogP contribution in [0.2, 0.25) is 5.02 Å². The number of pyridine rings is 1. The van der Waals surface area contributed by atoms with Crippen LogP contribution in [0.4, 0.5) is 0 Å². The van der Waals surface area contributed by atoms with E-state index in [1.807, 2.05) is 19.1 Å². The minimum absolute atomic E-state index is 0.0995. The van der Waals surface area contributed by atoms with Gasteiger partial charge in [0.1, 0.15) is 0 Å². The number of phenols is 1. The van der Waals surface area contributed by atoms with E-state index in [2.05, 4.69) is 9.97 Å². The fraction of sp³-hybridized carbons (Fsp3) is 0.150. The van der Waals surface area contributed by atoms with E-state index in [1.54, 1.807) is 36.8 Å². The van der Waals surface area contributed by atoms with Gasteiger partial charge in [-0.25, -0.2) is 4.98 Å². The van der Waals surface area contributed by atoms with Gasteiger partial charge in [0.15, 0.2) is 16.5 Å². The first kappa shape index (κ1) is 18.5. The van der Waals surface area contributed by atoms with Crippen LogP contribution in [0.1, 0.15) is 18.9 Å². The van der Waals surface area contributed by atoms with Crippen LogP contribution in [0.3, 0.4) is 0 Å². The van der Waals surface area contributed by atoms with Crippen LogP contribution in [0.25, 0.3) is 22.3 Å². The van der Waals surface area contributed by atoms with Gasteiger partial charge in [0.2, 0.25) is 0 Å². The van der Waals surface area contributed by atoms with Gasteiger partial charge in [-0.1, -0.05) is 29.9 Å². The summed E-state index contributed by atoms with van der Waals surface area (Å²) in [5, 5.41) is 10.2. The number of thiazole rings is 1. The summed E-state index contributed by atoms with van der Waals surface area (Å²) in [6.45, 7) is 2.44. The molecule has 0 unspecified atom stereocenters.